The van der Waals surface area contributed by atoms with E-state index in [0.29, 0.717) is 5.82 Å². The highest BCUT2D eigenvalue weighted by atomic mass is 32.1. The van der Waals surface area contributed by atoms with Gasteiger partial charge >= 0.3 is 4.84 Å². The molecule has 1 aromatic rings. The van der Waals surface area contributed by atoms with Gasteiger partial charge in [-0.05, 0) is 19.1 Å². The molecule has 1 rings (SSSR count). The van der Waals surface area contributed by atoms with Gasteiger partial charge in [-0.1, -0.05) is 27.7 Å². The number of nitrogens with zero attached hydrogens (tertiary/aromatic N) is 1. The Balaban J connectivity index is 0. The number of aryl methyl sites for hydroxylation is 1. The molecule has 0 aromatic carbocycles. The van der Waals surface area contributed by atoms with Gasteiger partial charge in [-0.2, -0.15) is 4.98 Å². The van der Waals surface area contributed by atoms with Gasteiger partial charge in [-0.3, -0.25) is 0 Å². The summed E-state index contributed by atoms with van der Waals surface area (Å²) in [6, 6.07) is 0. The van der Waals surface area contributed by atoms with Gasteiger partial charge in [0.05, 0.1) is 0 Å². The maximum Gasteiger partial charge on any atom is 0.314 e. The Morgan fingerprint density at radius 1 is 1.27 bits per heavy atom. The van der Waals surface area contributed by atoms with Crippen LogP contribution >= 0.6 is 12.2 Å². The van der Waals surface area contributed by atoms with Crippen LogP contribution in [-0.2, 0) is 0 Å². The topological polar surface area (TPSA) is 41.8 Å². The van der Waals surface area contributed by atoms with Crippen molar-refractivity contribution in [2.45, 2.75) is 34.6 Å². The molecular weight excluding hydrogens is 160 g/mol. The Hall–Kier alpha value is -0.640. The SMILES string of the molecule is CC.CC.Cc1nc(=S)o[nH]1. The predicted octanol–water partition coefficient (Wildman–Crippen LogP) is 3.09. The van der Waals surface area contributed by atoms with E-state index in [4.69, 9.17) is 0 Å². The van der Waals surface area contributed by atoms with Crippen LogP contribution in [0.3, 0.4) is 0 Å². The lowest BCUT2D eigenvalue weighted by molar-refractivity contribution is 0.400. The summed E-state index contributed by atoms with van der Waals surface area (Å²) in [6.07, 6.45) is 0. The smallest absolute Gasteiger partial charge is 0.314 e. The highest BCUT2D eigenvalue weighted by molar-refractivity contribution is 7.71. The molecule has 11 heavy (non-hydrogen) atoms. The Morgan fingerprint density at radius 2 is 1.73 bits per heavy atom. The third-order valence-corrected chi connectivity index (χ3v) is 0.720. The lowest BCUT2D eigenvalue weighted by atomic mass is 10.8. The van der Waals surface area contributed by atoms with Crippen molar-refractivity contribution in [2.75, 3.05) is 0 Å². The second-order valence-electron chi connectivity index (χ2n) is 1.17. The minimum absolute atomic E-state index is 0.262. The molecule has 0 saturated carbocycles. The van der Waals surface area contributed by atoms with Crippen LogP contribution in [0, 0.1) is 11.8 Å². The molecule has 0 aliphatic rings. The maximum atomic E-state index is 4.54. The Labute approximate surface area is 72.8 Å². The first kappa shape index (κ1) is 13.0. The molecule has 0 radical (unpaired) electrons. The third kappa shape index (κ3) is 7.25. The van der Waals surface area contributed by atoms with Crippen molar-refractivity contribution < 1.29 is 4.52 Å². The van der Waals surface area contributed by atoms with E-state index < -0.39 is 0 Å². The molecule has 0 amide bonds. The highest BCUT2D eigenvalue weighted by Crippen LogP contribution is 1.84. The quantitative estimate of drug-likeness (QED) is 0.618. The molecule has 0 fully saturated rings. The first-order valence-corrected chi connectivity index (χ1v) is 4.22. The number of aromatic nitrogens is 2. The number of aromatic amines is 1. The van der Waals surface area contributed by atoms with E-state index in [1.165, 1.54) is 0 Å². The molecule has 0 saturated heterocycles. The molecule has 1 aromatic heterocycles. The zero-order valence-corrected chi connectivity index (χ0v) is 8.58. The second kappa shape index (κ2) is 9.36. The lowest BCUT2D eigenvalue weighted by Crippen LogP contribution is -1.67. The number of rotatable bonds is 0. The standard InChI is InChI=1S/C3H4N2OS.2C2H6/c1-2-4-3(7)6-5-2;2*1-2/h1H3,(H,4,5,7);2*1-2H3. The average Bonchev–Trinajstić information content (AvgIpc) is 2.43. The van der Waals surface area contributed by atoms with Crippen molar-refractivity contribution in [3.8, 4) is 0 Å². The summed E-state index contributed by atoms with van der Waals surface area (Å²) in [6.45, 7) is 9.78. The monoisotopic (exact) mass is 176 g/mol. The average molecular weight is 176 g/mol. The Kier molecular flexibility index (Phi) is 11.1. The Morgan fingerprint density at radius 3 is 1.82 bits per heavy atom. The zero-order valence-electron chi connectivity index (χ0n) is 7.76. The van der Waals surface area contributed by atoms with E-state index in [-0.39, 0.29) is 4.84 Å². The van der Waals surface area contributed by atoms with Gasteiger partial charge in [0.2, 0.25) is 0 Å². The molecule has 1 heterocycles. The first-order valence-electron chi connectivity index (χ1n) is 3.81. The van der Waals surface area contributed by atoms with E-state index >= 15 is 0 Å². The number of H-pyrrole nitrogens is 1. The van der Waals surface area contributed by atoms with Crippen molar-refractivity contribution in [1.82, 2.24) is 10.1 Å². The van der Waals surface area contributed by atoms with Gasteiger partial charge < -0.3 is 4.52 Å². The summed E-state index contributed by atoms with van der Waals surface area (Å²) in [5.74, 6) is 0.713. The summed E-state index contributed by atoms with van der Waals surface area (Å²) in [4.78, 5) is 3.97. The molecule has 3 nitrogen and oxygen atoms in total. The van der Waals surface area contributed by atoms with Crippen molar-refractivity contribution in [3.63, 3.8) is 0 Å². The van der Waals surface area contributed by atoms with Crippen LogP contribution < -0.4 is 0 Å². The van der Waals surface area contributed by atoms with Crippen LogP contribution in [-0.4, -0.2) is 10.1 Å². The lowest BCUT2D eigenvalue weighted by Gasteiger charge is -1.65. The predicted molar refractivity (Wildman–Crippen MR) is 49.1 cm³/mol. The maximum absolute atomic E-state index is 4.54. The van der Waals surface area contributed by atoms with Crippen LogP contribution in [0.1, 0.15) is 33.5 Å². The zero-order chi connectivity index (χ0) is 9.28. The summed E-state index contributed by atoms with van der Waals surface area (Å²) >= 11 is 4.52. The summed E-state index contributed by atoms with van der Waals surface area (Å²) in [7, 11) is 0. The van der Waals surface area contributed by atoms with E-state index in [2.05, 4.69) is 26.9 Å². The number of nitrogens with one attached hydrogen (secondary N) is 1. The molecule has 0 spiro atoms. The van der Waals surface area contributed by atoms with Crippen molar-refractivity contribution in [2.24, 2.45) is 0 Å². The summed E-state index contributed by atoms with van der Waals surface area (Å²) < 4.78 is 4.54. The Bertz CT molecular complexity index is 204. The van der Waals surface area contributed by atoms with Gasteiger partial charge in [0, 0.05) is 0 Å². The van der Waals surface area contributed by atoms with Gasteiger partial charge in [0.1, 0.15) is 5.82 Å². The van der Waals surface area contributed by atoms with Crippen LogP contribution in [0.5, 0.6) is 0 Å². The molecule has 0 atom stereocenters. The van der Waals surface area contributed by atoms with Gasteiger partial charge in [-0.15, -0.1) is 0 Å². The van der Waals surface area contributed by atoms with Crippen LogP contribution in [0.2, 0.25) is 0 Å². The van der Waals surface area contributed by atoms with Gasteiger partial charge in [0.25, 0.3) is 0 Å². The van der Waals surface area contributed by atoms with Crippen LogP contribution in [0.25, 0.3) is 0 Å². The molecule has 0 aliphatic heterocycles. The molecule has 66 valence electrons. The van der Waals surface area contributed by atoms with Crippen LogP contribution in [0.15, 0.2) is 4.52 Å². The third-order valence-electron chi connectivity index (χ3n) is 0.545. The van der Waals surface area contributed by atoms with E-state index in [1.54, 1.807) is 6.92 Å². The fourth-order valence-corrected chi connectivity index (χ4v) is 0.479. The normalized spacial score (nSPS) is 7.00. The highest BCUT2D eigenvalue weighted by Gasteiger charge is 1.83. The summed E-state index contributed by atoms with van der Waals surface area (Å²) in [5, 5.41) is 2.48. The fraction of sp³-hybridized carbons (Fsp3) is 0.714. The molecule has 0 aliphatic carbocycles. The first-order chi connectivity index (χ1) is 5.29. The van der Waals surface area contributed by atoms with Gasteiger partial charge in [0.15, 0.2) is 0 Å². The van der Waals surface area contributed by atoms with Crippen LogP contribution in [0.4, 0.5) is 0 Å². The second-order valence-corrected chi connectivity index (χ2v) is 1.52. The van der Waals surface area contributed by atoms with E-state index in [9.17, 15) is 0 Å². The molecule has 4 heteroatoms. The van der Waals surface area contributed by atoms with E-state index in [1.807, 2.05) is 27.7 Å². The van der Waals surface area contributed by atoms with Crippen molar-refractivity contribution >= 4 is 12.2 Å². The fourth-order valence-electron chi connectivity index (χ4n) is 0.300. The van der Waals surface area contributed by atoms with Crippen molar-refractivity contribution in [1.29, 1.82) is 0 Å². The molecule has 0 unspecified atom stereocenters. The van der Waals surface area contributed by atoms with E-state index in [0.717, 1.165) is 0 Å². The minimum Gasteiger partial charge on any atom is -0.348 e. The minimum atomic E-state index is 0.262. The summed E-state index contributed by atoms with van der Waals surface area (Å²) in [5.41, 5.74) is 0. The largest absolute Gasteiger partial charge is 0.348 e. The number of hydrogen-bond donors (Lipinski definition) is 1. The molecular formula is C7H16N2OS. The molecule has 0 bridgehead atoms. The molecule has 1 N–H and O–H groups in total. The number of hydrogen-bond acceptors (Lipinski definition) is 3. The van der Waals surface area contributed by atoms with Crippen molar-refractivity contribution in [3.05, 3.63) is 10.7 Å². The van der Waals surface area contributed by atoms with Gasteiger partial charge in [-0.25, -0.2) is 5.16 Å².